The predicted octanol–water partition coefficient (Wildman–Crippen LogP) is 3.33. The van der Waals surface area contributed by atoms with E-state index in [9.17, 15) is 13.2 Å². The second kappa shape index (κ2) is 7.61. The third kappa shape index (κ3) is 3.98. The highest BCUT2D eigenvalue weighted by molar-refractivity contribution is 7.92. The summed E-state index contributed by atoms with van der Waals surface area (Å²) >= 11 is 6.67. The first-order chi connectivity index (χ1) is 12.4. The molecular weight excluding hydrogens is 394 g/mol. The summed E-state index contributed by atoms with van der Waals surface area (Å²) in [5, 5.41) is 4.25. The van der Waals surface area contributed by atoms with E-state index >= 15 is 0 Å². The van der Waals surface area contributed by atoms with Crippen molar-refractivity contribution in [3.8, 4) is 0 Å². The molecule has 0 bridgehead atoms. The highest BCUT2D eigenvalue weighted by Gasteiger charge is 2.24. The van der Waals surface area contributed by atoms with Crippen molar-refractivity contribution in [1.82, 2.24) is 14.5 Å². The van der Waals surface area contributed by atoms with Gasteiger partial charge in [-0.2, -0.15) is 5.10 Å². The quantitative estimate of drug-likeness (QED) is 0.677. The fourth-order valence-corrected chi connectivity index (χ4v) is 4.98. The normalized spacial score (nSPS) is 11.5. The fourth-order valence-electron chi connectivity index (χ4n) is 2.54. The van der Waals surface area contributed by atoms with E-state index in [-0.39, 0.29) is 9.77 Å². The van der Waals surface area contributed by atoms with Crippen molar-refractivity contribution in [2.75, 3.05) is 0 Å². The van der Waals surface area contributed by atoms with Crippen LogP contribution in [0.5, 0.6) is 0 Å². The van der Waals surface area contributed by atoms with Gasteiger partial charge in [-0.1, -0.05) is 48.9 Å². The van der Waals surface area contributed by atoms with Crippen LogP contribution in [-0.4, -0.2) is 24.1 Å². The molecule has 6 nitrogen and oxygen atoms in total. The Hall–Kier alpha value is -2.16. The predicted molar refractivity (Wildman–Crippen MR) is 101 cm³/mol. The standard InChI is InChI=1S/C17H16ClN3O3S2/c1-2-14-13(10-19-21(14)11-12-6-4-3-5-7-12)17(22)20-26(23,24)16-9-8-15(18)25-16/h3-10H,2,11H2,1H3,(H,20,22). The van der Waals surface area contributed by atoms with Crippen molar-refractivity contribution in [3.63, 3.8) is 0 Å². The molecule has 2 heterocycles. The minimum atomic E-state index is -3.96. The fraction of sp³-hybridized carbons (Fsp3) is 0.176. The number of sulfonamides is 1. The molecule has 0 spiro atoms. The van der Waals surface area contributed by atoms with Crippen molar-refractivity contribution >= 4 is 38.9 Å². The van der Waals surface area contributed by atoms with Crippen LogP contribution in [0.1, 0.15) is 28.5 Å². The van der Waals surface area contributed by atoms with Gasteiger partial charge in [0.25, 0.3) is 15.9 Å². The topological polar surface area (TPSA) is 81.1 Å². The van der Waals surface area contributed by atoms with Gasteiger partial charge in [-0.3, -0.25) is 9.48 Å². The van der Waals surface area contributed by atoms with E-state index in [0.717, 1.165) is 16.9 Å². The van der Waals surface area contributed by atoms with Crippen molar-refractivity contribution in [1.29, 1.82) is 0 Å². The van der Waals surface area contributed by atoms with Crippen LogP contribution in [0.4, 0.5) is 0 Å². The molecule has 0 aliphatic carbocycles. The SMILES string of the molecule is CCc1c(C(=O)NS(=O)(=O)c2ccc(Cl)s2)cnn1Cc1ccccc1. The number of nitrogens with zero attached hydrogens (tertiary/aromatic N) is 2. The van der Waals surface area contributed by atoms with Crippen LogP contribution in [0.2, 0.25) is 4.34 Å². The van der Waals surface area contributed by atoms with E-state index in [1.165, 1.54) is 18.3 Å². The number of aromatic nitrogens is 2. The largest absolute Gasteiger partial charge is 0.273 e. The molecule has 3 rings (SSSR count). The Bertz CT molecular complexity index is 1030. The average molecular weight is 410 g/mol. The maximum atomic E-state index is 12.5. The van der Waals surface area contributed by atoms with Gasteiger partial charge in [0.1, 0.15) is 4.21 Å². The number of carbonyl (C=O) groups excluding carboxylic acids is 1. The van der Waals surface area contributed by atoms with Crippen molar-refractivity contribution in [2.24, 2.45) is 0 Å². The first-order valence-corrected chi connectivity index (χ1v) is 10.5. The Labute approximate surface area is 160 Å². The molecule has 1 N–H and O–H groups in total. The zero-order chi connectivity index (χ0) is 18.7. The van der Waals surface area contributed by atoms with Gasteiger partial charge in [-0.05, 0) is 24.1 Å². The molecule has 0 radical (unpaired) electrons. The Kier molecular flexibility index (Phi) is 5.45. The molecule has 0 saturated heterocycles. The summed E-state index contributed by atoms with van der Waals surface area (Å²) in [7, 11) is -3.96. The lowest BCUT2D eigenvalue weighted by Crippen LogP contribution is -2.30. The van der Waals surface area contributed by atoms with Gasteiger partial charge >= 0.3 is 0 Å². The Morgan fingerprint density at radius 3 is 2.58 bits per heavy atom. The minimum absolute atomic E-state index is 0.00873. The summed E-state index contributed by atoms with van der Waals surface area (Å²) in [5.74, 6) is -0.703. The van der Waals surface area contributed by atoms with Gasteiger partial charge < -0.3 is 0 Å². The van der Waals surface area contributed by atoms with Crippen LogP contribution in [0.15, 0.2) is 52.9 Å². The van der Waals surface area contributed by atoms with Crippen LogP contribution in [0, 0.1) is 0 Å². The first-order valence-electron chi connectivity index (χ1n) is 7.82. The van der Waals surface area contributed by atoms with E-state index in [1.54, 1.807) is 4.68 Å². The smallest absolute Gasteiger partial charge is 0.268 e. The van der Waals surface area contributed by atoms with Crippen LogP contribution >= 0.6 is 22.9 Å². The molecule has 0 unspecified atom stereocenters. The monoisotopic (exact) mass is 409 g/mol. The molecular formula is C17H16ClN3O3S2. The number of halogens is 1. The van der Waals surface area contributed by atoms with Gasteiger partial charge in [0.15, 0.2) is 0 Å². The van der Waals surface area contributed by atoms with E-state index < -0.39 is 15.9 Å². The van der Waals surface area contributed by atoms with Crippen LogP contribution in [0.3, 0.4) is 0 Å². The lowest BCUT2D eigenvalue weighted by molar-refractivity contribution is 0.0980. The van der Waals surface area contributed by atoms with Crippen molar-refractivity contribution < 1.29 is 13.2 Å². The van der Waals surface area contributed by atoms with Gasteiger partial charge in [-0.25, -0.2) is 13.1 Å². The van der Waals surface area contributed by atoms with Gasteiger partial charge in [0.2, 0.25) is 0 Å². The highest BCUT2D eigenvalue weighted by Crippen LogP contribution is 2.25. The third-order valence-electron chi connectivity index (χ3n) is 3.74. The molecule has 26 heavy (non-hydrogen) atoms. The summed E-state index contributed by atoms with van der Waals surface area (Å²) in [6.45, 7) is 2.40. The molecule has 0 aliphatic heterocycles. The first kappa shape index (κ1) is 18.6. The van der Waals surface area contributed by atoms with Crippen molar-refractivity contribution in [2.45, 2.75) is 24.1 Å². The maximum absolute atomic E-state index is 12.5. The average Bonchev–Trinajstić information content (AvgIpc) is 3.22. The molecule has 0 fully saturated rings. The summed E-state index contributed by atoms with van der Waals surface area (Å²) in [5.41, 5.74) is 1.96. The number of carbonyl (C=O) groups is 1. The second-order valence-electron chi connectivity index (χ2n) is 5.49. The number of benzene rings is 1. The summed E-state index contributed by atoms with van der Waals surface area (Å²) in [6.07, 6.45) is 1.94. The van der Waals surface area contributed by atoms with E-state index in [4.69, 9.17) is 11.6 Å². The molecule has 136 valence electrons. The minimum Gasteiger partial charge on any atom is -0.268 e. The van der Waals surface area contributed by atoms with Gasteiger partial charge in [0.05, 0.1) is 28.3 Å². The molecule has 2 aromatic heterocycles. The van der Waals surface area contributed by atoms with Crippen molar-refractivity contribution in [3.05, 3.63) is 69.8 Å². The summed E-state index contributed by atoms with van der Waals surface area (Å²) in [6, 6.07) is 12.5. The van der Waals surface area contributed by atoms with Gasteiger partial charge in [-0.15, -0.1) is 11.3 Å². The van der Waals surface area contributed by atoms with Crippen LogP contribution in [0.25, 0.3) is 0 Å². The second-order valence-corrected chi connectivity index (χ2v) is 9.12. The molecule has 0 saturated carbocycles. The lowest BCUT2D eigenvalue weighted by atomic mass is 10.2. The summed E-state index contributed by atoms with van der Waals surface area (Å²) in [4.78, 5) is 12.5. The maximum Gasteiger partial charge on any atom is 0.273 e. The Morgan fingerprint density at radius 2 is 1.96 bits per heavy atom. The molecule has 1 aromatic carbocycles. The molecule has 1 amide bonds. The molecule has 3 aromatic rings. The van der Waals surface area contributed by atoms with Crippen LogP contribution in [-0.2, 0) is 23.0 Å². The third-order valence-corrected chi connectivity index (χ3v) is 6.80. The molecule has 0 atom stereocenters. The van der Waals surface area contributed by atoms with Crippen LogP contribution < -0.4 is 4.72 Å². The number of amides is 1. The van der Waals surface area contributed by atoms with E-state index in [2.05, 4.69) is 9.82 Å². The zero-order valence-electron chi connectivity index (χ0n) is 13.8. The molecule has 9 heteroatoms. The molecule has 0 aliphatic rings. The summed E-state index contributed by atoms with van der Waals surface area (Å²) < 4.78 is 28.8. The van der Waals surface area contributed by atoms with E-state index in [0.29, 0.717) is 23.0 Å². The number of hydrogen-bond donors (Lipinski definition) is 1. The lowest BCUT2D eigenvalue weighted by Gasteiger charge is -2.09. The highest BCUT2D eigenvalue weighted by atomic mass is 35.5. The van der Waals surface area contributed by atoms with E-state index in [1.807, 2.05) is 37.3 Å². The number of thiophene rings is 1. The number of nitrogens with one attached hydrogen (secondary N) is 1. The number of rotatable bonds is 6. The Balaban J connectivity index is 1.84. The Morgan fingerprint density at radius 1 is 1.23 bits per heavy atom. The van der Waals surface area contributed by atoms with Gasteiger partial charge in [0, 0.05) is 0 Å². The zero-order valence-corrected chi connectivity index (χ0v) is 16.2. The number of hydrogen-bond acceptors (Lipinski definition) is 5.